The topological polar surface area (TPSA) is 12.5 Å². The van der Waals surface area contributed by atoms with Crippen LogP contribution in [0.15, 0.2) is 54.6 Å². The third-order valence-electron chi connectivity index (χ3n) is 4.83. The van der Waals surface area contributed by atoms with Crippen LogP contribution < -0.4 is 4.74 Å². The fraction of sp³-hybridized carbons (Fsp3) is 0.429. The fourth-order valence-electron chi connectivity index (χ4n) is 3.49. The molecule has 0 aromatic heterocycles. The highest BCUT2D eigenvalue weighted by molar-refractivity contribution is 5.37. The average molecular weight is 309 g/mol. The van der Waals surface area contributed by atoms with Crippen molar-refractivity contribution in [3.63, 3.8) is 0 Å². The number of ether oxygens (including phenoxy) is 1. The maximum atomic E-state index is 6.40. The van der Waals surface area contributed by atoms with Gasteiger partial charge in [0.25, 0.3) is 0 Å². The molecule has 0 saturated heterocycles. The molecule has 2 heteroatoms. The Morgan fingerprint density at radius 2 is 1.74 bits per heavy atom. The molecule has 23 heavy (non-hydrogen) atoms. The Labute approximate surface area is 140 Å². The molecule has 2 aromatic carbocycles. The summed E-state index contributed by atoms with van der Waals surface area (Å²) in [6.07, 6.45) is 5.03. The van der Waals surface area contributed by atoms with E-state index in [1.165, 1.54) is 30.4 Å². The first-order chi connectivity index (χ1) is 11.3. The van der Waals surface area contributed by atoms with Crippen molar-refractivity contribution in [2.24, 2.45) is 0 Å². The Morgan fingerprint density at radius 3 is 2.52 bits per heavy atom. The van der Waals surface area contributed by atoms with E-state index in [0.717, 1.165) is 18.7 Å². The zero-order valence-electron chi connectivity index (χ0n) is 14.2. The molecule has 122 valence electrons. The number of para-hydroxylation sites is 1. The Morgan fingerprint density at radius 1 is 1.00 bits per heavy atom. The predicted octanol–water partition coefficient (Wildman–Crippen LogP) is 4.85. The molecule has 1 aliphatic carbocycles. The van der Waals surface area contributed by atoms with Gasteiger partial charge in [-0.05, 0) is 49.7 Å². The van der Waals surface area contributed by atoms with Crippen molar-refractivity contribution >= 4 is 0 Å². The Bertz CT molecular complexity index is 610. The second-order valence-electron chi connectivity index (χ2n) is 6.51. The first-order valence-corrected chi connectivity index (χ1v) is 8.79. The van der Waals surface area contributed by atoms with Gasteiger partial charge in [-0.1, -0.05) is 62.2 Å². The van der Waals surface area contributed by atoms with Crippen molar-refractivity contribution in [1.29, 1.82) is 0 Å². The molecule has 0 spiro atoms. The van der Waals surface area contributed by atoms with E-state index in [0.29, 0.717) is 6.04 Å². The molecule has 1 aliphatic rings. The second kappa shape index (κ2) is 7.65. The minimum atomic E-state index is 0.125. The smallest absolute Gasteiger partial charge is 0.140 e. The lowest BCUT2D eigenvalue weighted by atomic mass is 10.1. The van der Waals surface area contributed by atoms with Gasteiger partial charge in [0.2, 0.25) is 0 Å². The number of nitrogens with zero attached hydrogens (tertiary/aromatic N) is 1. The number of fused-ring (bicyclic) bond motifs is 1. The minimum Gasteiger partial charge on any atom is -0.484 e. The maximum absolute atomic E-state index is 6.40. The van der Waals surface area contributed by atoms with Crippen LogP contribution in [0.2, 0.25) is 0 Å². The van der Waals surface area contributed by atoms with E-state index in [4.69, 9.17) is 4.74 Å². The number of benzene rings is 2. The predicted molar refractivity (Wildman–Crippen MR) is 95.9 cm³/mol. The highest BCUT2D eigenvalue weighted by Gasteiger charge is 2.36. The van der Waals surface area contributed by atoms with Crippen molar-refractivity contribution in [3.05, 3.63) is 65.7 Å². The van der Waals surface area contributed by atoms with E-state index in [2.05, 4.69) is 55.3 Å². The Kier molecular flexibility index (Phi) is 5.35. The molecule has 2 nitrogen and oxygen atoms in total. The lowest BCUT2D eigenvalue weighted by Crippen LogP contribution is -2.37. The van der Waals surface area contributed by atoms with Crippen LogP contribution in [-0.2, 0) is 6.42 Å². The normalized spacial score (nSPS) is 19.8. The van der Waals surface area contributed by atoms with Gasteiger partial charge in [0.05, 0.1) is 6.04 Å². The summed E-state index contributed by atoms with van der Waals surface area (Å²) in [5, 5.41) is 0. The molecule has 0 fully saturated rings. The van der Waals surface area contributed by atoms with Crippen LogP contribution in [0.1, 0.15) is 43.4 Å². The zero-order valence-corrected chi connectivity index (χ0v) is 14.2. The van der Waals surface area contributed by atoms with E-state index < -0.39 is 0 Å². The number of hydrogen-bond acceptors (Lipinski definition) is 2. The van der Waals surface area contributed by atoms with Gasteiger partial charge < -0.3 is 4.74 Å². The lowest BCUT2D eigenvalue weighted by Gasteiger charge is -2.30. The quantitative estimate of drug-likeness (QED) is 0.678. The third kappa shape index (κ3) is 3.76. The minimum absolute atomic E-state index is 0.125. The van der Waals surface area contributed by atoms with Crippen molar-refractivity contribution < 1.29 is 4.74 Å². The summed E-state index contributed by atoms with van der Waals surface area (Å²) >= 11 is 0. The van der Waals surface area contributed by atoms with Crippen LogP contribution >= 0.6 is 0 Å². The molecule has 0 N–H and O–H groups in total. The van der Waals surface area contributed by atoms with E-state index >= 15 is 0 Å². The van der Waals surface area contributed by atoms with Crippen molar-refractivity contribution in [2.75, 3.05) is 13.6 Å². The molecule has 0 saturated carbocycles. The van der Waals surface area contributed by atoms with Gasteiger partial charge >= 0.3 is 0 Å². The number of rotatable bonds is 7. The lowest BCUT2D eigenvalue weighted by molar-refractivity contribution is 0.0940. The molecule has 0 radical (unpaired) electrons. The molecule has 3 rings (SSSR count). The first-order valence-electron chi connectivity index (χ1n) is 8.79. The largest absolute Gasteiger partial charge is 0.484 e. The zero-order chi connectivity index (χ0) is 16.1. The molecule has 0 bridgehead atoms. The third-order valence-corrected chi connectivity index (χ3v) is 4.83. The SMILES string of the molecule is CCCCCN(C)C1Cc2ccccc2C1Oc1ccccc1. The molecular weight excluding hydrogens is 282 g/mol. The molecule has 2 aromatic rings. The van der Waals surface area contributed by atoms with Crippen LogP contribution in [-0.4, -0.2) is 24.5 Å². The summed E-state index contributed by atoms with van der Waals surface area (Å²) in [6.45, 7) is 3.40. The first kappa shape index (κ1) is 16.1. The Hall–Kier alpha value is -1.80. The van der Waals surface area contributed by atoms with E-state index in [1.807, 2.05) is 18.2 Å². The second-order valence-corrected chi connectivity index (χ2v) is 6.51. The van der Waals surface area contributed by atoms with Crippen LogP contribution in [0.25, 0.3) is 0 Å². The molecule has 2 unspecified atom stereocenters. The molecule has 0 amide bonds. The molecule has 2 atom stereocenters. The standard InChI is InChI=1S/C21H27NO/c1-3-4-10-15-22(2)20-16-17-11-8-9-14-19(17)21(20)23-18-12-6-5-7-13-18/h5-9,11-14,20-21H,3-4,10,15-16H2,1-2H3. The van der Waals surface area contributed by atoms with Gasteiger partial charge in [-0.15, -0.1) is 0 Å². The van der Waals surface area contributed by atoms with Gasteiger partial charge in [-0.25, -0.2) is 0 Å². The summed E-state index contributed by atoms with van der Waals surface area (Å²) in [5.41, 5.74) is 2.78. The van der Waals surface area contributed by atoms with E-state index in [1.54, 1.807) is 0 Å². The molecule has 0 aliphatic heterocycles. The summed E-state index contributed by atoms with van der Waals surface area (Å²) in [7, 11) is 2.24. The monoisotopic (exact) mass is 309 g/mol. The van der Waals surface area contributed by atoms with Gasteiger partial charge in [0.15, 0.2) is 0 Å². The van der Waals surface area contributed by atoms with Crippen LogP contribution in [0.3, 0.4) is 0 Å². The van der Waals surface area contributed by atoms with Crippen LogP contribution in [0, 0.1) is 0 Å². The summed E-state index contributed by atoms with van der Waals surface area (Å²) in [4.78, 5) is 2.49. The fourth-order valence-corrected chi connectivity index (χ4v) is 3.49. The van der Waals surface area contributed by atoms with Gasteiger partial charge in [-0.2, -0.15) is 0 Å². The molecular formula is C21H27NO. The average Bonchev–Trinajstić information content (AvgIpc) is 2.95. The van der Waals surface area contributed by atoms with Gasteiger partial charge in [0.1, 0.15) is 11.9 Å². The maximum Gasteiger partial charge on any atom is 0.140 e. The summed E-state index contributed by atoms with van der Waals surface area (Å²) in [6, 6.07) is 19.4. The van der Waals surface area contributed by atoms with Crippen LogP contribution in [0.5, 0.6) is 5.75 Å². The van der Waals surface area contributed by atoms with Crippen molar-refractivity contribution in [1.82, 2.24) is 4.90 Å². The van der Waals surface area contributed by atoms with Gasteiger partial charge in [0, 0.05) is 0 Å². The van der Waals surface area contributed by atoms with Crippen LogP contribution in [0.4, 0.5) is 0 Å². The number of likely N-dealkylation sites (N-methyl/N-ethyl adjacent to an activating group) is 1. The van der Waals surface area contributed by atoms with Gasteiger partial charge in [-0.3, -0.25) is 4.90 Å². The highest BCUT2D eigenvalue weighted by atomic mass is 16.5. The van der Waals surface area contributed by atoms with Crippen molar-refractivity contribution in [2.45, 2.75) is 44.8 Å². The molecule has 0 heterocycles. The van der Waals surface area contributed by atoms with E-state index in [-0.39, 0.29) is 6.10 Å². The number of hydrogen-bond donors (Lipinski definition) is 0. The van der Waals surface area contributed by atoms with Crippen molar-refractivity contribution in [3.8, 4) is 5.75 Å². The highest BCUT2D eigenvalue weighted by Crippen LogP contribution is 2.37. The Balaban J connectivity index is 1.78. The number of unbranched alkanes of at least 4 members (excludes halogenated alkanes) is 2. The summed E-state index contributed by atoms with van der Waals surface area (Å²) in [5.74, 6) is 0.959. The van der Waals surface area contributed by atoms with E-state index in [9.17, 15) is 0 Å². The summed E-state index contributed by atoms with van der Waals surface area (Å²) < 4.78 is 6.40.